The number of nitrogens with one attached hydrogen (secondary N) is 2. The molecule has 0 saturated heterocycles. The number of carbonyl (C=O) groups excluding carboxylic acids is 1. The number of hydrogen-bond acceptors (Lipinski definition) is 7. The van der Waals surface area contributed by atoms with Crippen LogP contribution in [0.4, 0.5) is 11.6 Å². The Balaban J connectivity index is 1.44. The lowest BCUT2D eigenvalue weighted by atomic mass is 10.3. The molecule has 146 valence electrons. The predicted octanol–water partition coefficient (Wildman–Crippen LogP) is 1.82. The number of pyridine rings is 1. The lowest BCUT2D eigenvalue weighted by molar-refractivity contribution is -0.116. The quantitative estimate of drug-likeness (QED) is 0.517. The second-order valence-electron chi connectivity index (χ2n) is 6.24. The molecule has 4 heterocycles. The molecule has 4 aromatic heterocycles. The zero-order valence-electron chi connectivity index (χ0n) is 15.9. The Bertz CT molecular complexity index is 1130. The van der Waals surface area contributed by atoms with E-state index in [9.17, 15) is 4.79 Å². The van der Waals surface area contributed by atoms with Gasteiger partial charge in [0.25, 0.3) is 0 Å². The van der Waals surface area contributed by atoms with Gasteiger partial charge in [-0.3, -0.25) is 19.1 Å². The first-order chi connectivity index (χ1) is 14.1. The van der Waals surface area contributed by atoms with E-state index in [2.05, 4.69) is 35.8 Å². The molecule has 0 aromatic carbocycles. The molecule has 0 unspecified atom stereocenters. The monoisotopic (exact) mass is 389 g/mol. The number of amides is 1. The van der Waals surface area contributed by atoms with Crippen LogP contribution in [-0.4, -0.2) is 47.5 Å². The number of rotatable bonds is 6. The number of aromatic nitrogens is 7. The summed E-state index contributed by atoms with van der Waals surface area (Å²) in [6, 6.07) is 9.15. The van der Waals surface area contributed by atoms with E-state index in [-0.39, 0.29) is 12.5 Å². The summed E-state index contributed by atoms with van der Waals surface area (Å²) in [4.78, 5) is 25.3. The molecule has 4 rings (SSSR count). The van der Waals surface area contributed by atoms with Crippen LogP contribution in [0.1, 0.15) is 0 Å². The first-order valence-corrected chi connectivity index (χ1v) is 8.91. The van der Waals surface area contributed by atoms with E-state index >= 15 is 0 Å². The van der Waals surface area contributed by atoms with E-state index in [0.29, 0.717) is 23.2 Å². The Hall–Kier alpha value is -4.08. The van der Waals surface area contributed by atoms with E-state index in [0.717, 1.165) is 11.3 Å². The number of anilines is 2. The van der Waals surface area contributed by atoms with Crippen molar-refractivity contribution in [3.05, 3.63) is 55.1 Å². The van der Waals surface area contributed by atoms with E-state index in [4.69, 9.17) is 0 Å². The highest BCUT2D eigenvalue weighted by Gasteiger charge is 2.13. The lowest BCUT2D eigenvalue weighted by Gasteiger charge is -2.05. The molecule has 0 saturated carbocycles. The average molecular weight is 389 g/mol. The van der Waals surface area contributed by atoms with Gasteiger partial charge in [0.05, 0.1) is 17.5 Å². The molecule has 0 spiro atoms. The van der Waals surface area contributed by atoms with Gasteiger partial charge in [-0.1, -0.05) is 6.07 Å². The Morgan fingerprint density at radius 2 is 2.03 bits per heavy atom. The van der Waals surface area contributed by atoms with Gasteiger partial charge in [-0.05, 0) is 18.2 Å². The van der Waals surface area contributed by atoms with Crippen LogP contribution < -0.4 is 10.6 Å². The second kappa shape index (κ2) is 7.89. The Labute approximate surface area is 166 Å². The Kier molecular flexibility index (Phi) is 4.97. The zero-order chi connectivity index (χ0) is 20.2. The molecular weight excluding hydrogens is 370 g/mol. The van der Waals surface area contributed by atoms with Crippen molar-refractivity contribution in [3.8, 4) is 22.8 Å². The molecule has 0 fully saturated rings. The van der Waals surface area contributed by atoms with Crippen LogP contribution in [0.25, 0.3) is 22.8 Å². The van der Waals surface area contributed by atoms with Gasteiger partial charge in [0, 0.05) is 38.8 Å². The third-order valence-corrected chi connectivity index (χ3v) is 4.18. The standard InChI is InChI=1S/C19H19N9O/c1-20-16-6-8-22-19(24-16)13-10-23-28(11-13)12-18(29)25-17-9-15(26-27(17)2)14-5-3-4-7-21-14/h3-11H,12H2,1-2H3,(H,25,29)(H,20,22,24). The van der Waals surface area contributed by atoms with Crippen molar-refractivity contribution < 1.29 is 4.79 Å². The van der Waals surface area contributed by atoms with E-state index in [1.807, 2.05) is 18.2 Å². The minimum atomic E-state index is -0.222. The van der Waals surface area contributed by atoms with Crippen molar-refractivity contribution in [3.63, 3.8) is 0 Å². The smallest absolute Gasteiger partial charge is 0.247 e. The third kappa shape index (κ3) is 4.10. The summed E-state index contributed by atoms with van der Waals surface area (Å²) in [6.45, 7) is 0.0514. The largest absolute Gasteiger partial charge is 0.373 e. The molecule has 0 bridgehead atoms. The summed E-state index contributed by atoms with van der Waals surface area (Å²) < 4.78 is 3.14. The summed E-state index contributed by atoms with van der Waals surface area (Å²) in [5.74, 6) is 1.60. The first kappa shape index (κ1) is 18.3. The normalized spacial score (nSPS) is 10.7. The van der Waals surface area contributed by atoms with Crippen LogP contribution in [-0.2, 0) is 18.4 Å². The molecule has 10 heteroatoms. The predicted molar refractivity (Wildman–Crippen MR) is 108 cm³/mol. The van der Waals surface area contributed by atoms with Gasteiger partial charge in [-0.15, -0.1) is 0 Å². The van der Waals surface area contributed by atoms with Gasteiger partial charge in [0.1, 0.15) is 23.9 Å². The maximum Gasteiger partial charge on any atom is 0.247 e. The molecule has 0 aliphatic rings. The van der Waals surface area contributed by atoms with Crippen molar-refractivity contribution in [1.29, 1.82) is 0 Å². The van der Waals surface area contributed by atoms with Gasteiger partial charge >= 0.3 is 0 Å². The van der Waals surface area contributed by atoms with Crippen LogP contribution in [0.2, 0.25) is 0 Å². The Morgan fingerprint density at radius 3 is 2.83 bits per heavy atom. The van der Waals surface area contributed by atoms with Gasteiger partial charge in [-0.25, -0.2) is 9.97 Å². The molecule has 4 aromatic rings. The lowest BCUT2D eigenvalue weighted by Crippen LogP contribution is -2.20. The van der Waals surface area contributed by atoms with E-state index in [1.54, 1.807) is 55.7 Å². The van der Waals surface area contributed by atoms with E-state index < -0.39 is 0 Å². The van der Waals surface area contributed by atoms with Gasteiger partial charge in [0.2, 0.25) is 5.91 Å². The SMILES string of the molecule is CNc1ccnc(-c2cnn(CC(=O)Nc3cc(-c4ccccn4)nn3C)c2)n1. The van der Waals surface area contributed by atoms with Gasteiger partial charge in [-0.2, -0.15) is 10.2 Å². The van der Waals surface area contributed by atoms with Crippen LogP contribution in [0.5, 0.6) is 0 Å². The molecule has 29 heavy (non-hydrogen) atoms. The maximum atomic E-state index is 12.5. The topological polar surface area (TPSA) is 115 Å². The molecule has 1 amide bonds. The highest BCUT2D eigenvalue weighted by Crippen LogP contribution is 2.19. The molecule has 0 aliphatic carbocycles. The molecule has 10 nitrogen and oxygen atoms in total. The van der Waals surface area contributed by atoms with Crippen molar-refractivity contribution in [2.24, 2.45) is 7.05 Å². The molecular formula is C19H19N9O. The fourth-order valence-electron chi connectivity index (χ4n) is 2.76. The van der Waals surface area contributed by atoms with Crippen LogP contribution in [0, 0.1) is 0 Å². The maximum absolute atomic E-state index is 12.5. The van der Waals surface area contributed by atoms with Crippen LogP contribution in [0.3, 0.4) is 0 Å². The zero-order valence-corrected chi connectivity index (χ0v) is 15.9. The fraction of sp³-hybridized carbons (Fsp3) is 0.158. The average Bonchev–Trinajstić information content (AvgIpc) is 3.35. The molecule has 0 radical (unpaired) electrons. The second-order valence-corrected chi connectivity index (χ2v) is 6.24. The number of aryl methyl sites for hydroxylation is 1. The number of nitrogens with zero attached hydrogens (tertiary/aromatic N) is 7. The van der Waals surface area contributed by atoms with Crippen molar-refractivity contribution in [1.82, 2.24) is 34.5 Å². The molecule has 0 aliphatic heterocycles. The summed E-state index contributed by atoms with van der Waals surface area (Å²) in [6.07, 6.45) is 6.73. The van der Waals surface area contributed by atoms with Gasteiger partial charge < -0.3 is 10.6 Å². The minimum absolute atomic E-state index is 0.0514. The van der Waals surface area contributed by atoms with E-state index in [1.165, 1.54) is 4.68 Å². The molecule has 0 atom stereocenters. The highest BCUT2D eigenvalue weighted by molar-refractivity contribution is 5.90. The molecule has 2 N–H and O–H groups in total. The highest BCUT2D eigenvalue weighted by atomic mass is 16.2. The van der Waals surface area contributed by atoms with Crippen LogP contribution in [0.15, 0.2) is 55.1 Å². The minimum Gasteiger partial charge on any atom is -0.373 e. The van der Waals surface area contributed by atoms with Crippen molar-refractivity contribution in [2.45, 2.75) is 6.54 Å². The first-order valence-electron chi connectivity index (χ1n) is 8.91. The Morgan fingerprint density at radius 1 is 1.14 bits per heavy atom. The third-order valence-electron chi connectivity index (χ3n) is 4.18. The number of hydrogen-bond donors (Lipinski definition) is 2. The number of carbonyl (C=O) groups is 1. The van der Waals surface area contributed by atoms with Crippen LogP contribution >= 0.6 is 0 Å². The summed E-state index contributed by atoms with van der Waals surface area (Å²) >= 11 is 0. The van der Waals surface area contributed by atoms with Crippen molar-refractivity contribution >= 4 is 17.5 Å². The summed E-state index contributed by atoms with van der Waals surface area (Å²) in [5, 5.41) is 14.4. The summed E-state index contributed by atoms with van der Waals surface area (Å²) in [7, 11) is 3.55. The van der Waals surface area contributed by atoms with Gasteiger partial charge in [0.15, 0.2) is 5.82 Å². The summed E-state index contributed by atoms with van der Waals surface area (Å²) in [5.41, 5.74) is 2.16. The fourth-order valence-corrected chi connectivity index (χ4v) is 2.76. The van der Waals surface area contributed by atoms with Crippen molar-refractivity contribution in [2.75, 3.05) is 17.7 Å².